The average molecular weight is 243 g/mol. The summed E-state index contributed by atoms with van der Waals surface area (Å²) < 4.78 is 4.50. The molecule has 0 aliphatic carbocycles. The van der Waals surface area contributed by atoms with Crippen LogP contribution in [0.5, 0.6) is 0 Å². The van der Waals surface area contributed by atoms with Crippen molar-refractivity contribution >= 4 is 17.9 Å². The van der Waals surface area contributed by atoms with Crippen LogP contribution in [0.2, 0.25) is 0 Å². The van der Waals surface area contributed by atoms with Gasteiger partial charge in [-0.15, -0.1) is 5.10 Å². The van der Waals surface area contributed by atoms with Crippen molar-refractivity contribution in [3.8, 4) is 0 Å². The molecule has 1 aromatic rings. The first kappa shape index (κ1) is 13.0. The van der Waals surface area contributed by atoms with E-state index in [1.165, 1.54) is 18.9 Å². The third-order valence-corrected chi connectivity index (χ3v) is 3.22. The molecule has 0 aromatic carbocycles. The first-order chi connectivity index (χ1) is 7.69. The molecule has 0 fully saturated rings. The van der Waals surface area contributed by atoms with Crippen molar-refractivity contribution in [1.29, 1.82) is 0 Å². The number of aryl methyl sites for hydroxylation is 1. The smallest absolute Gasteiger partial charge is 0.226 e. The van der Waals surface area contributed by atoms with Crippen LogP contribution >= 0.6 is 11.9 Å². The lowest BCUT2D eigenvalue weighted by atomic mass is 10.1. The molecule has 90 valence electrons. The van der Waals surface area contributed by atoms with E-state index in [-0.39, 0.29) is 11.8 Å². The Hall–Kier alpha value is -1.11. The number of aromatic nitrogens is 4. The molecule has 16 heavy (non-hydrogen) atoms. The molecule has 0 aliphatic heterocycles. The van der Waals surface area contributed by atoms with Gasteiger partial charge in [-0.3, -0.25) is 4.79 Å². The summed E-state index contributed by atoms with van der Waals surface area (Å²) in [4.78, 5) is 10.7. The van der Waals surface area contributed by atoms with Crippen molar-refractivity contribution in [3.63, 3.8) is 0 Å². The molecule has 0 saturated carbocycles. The summed E-state index contributed by atoms with van der Waals surface area (Å²) in [6.45, 7) is 6.37. The molecule has 1 rings (SSSR count). The van der Waals surface area contributed by atoms with Gasteiger partial charge in [0.1, 0.15) is 0 Å². The minimum atomic E-state index is -0.0325. The quantitative estimate of drug-likeness (QED) is 0.754. The van der Waals surface area contributed by atoms with Gasteiger partial charge >= 0.3 is 0 Å². The van der Waals surface area contributed by atoms with Crippen LogP contribution in [-0.2, 0) is 11.3 Å². The highest BCUT2D eigenvalue weighted by Crippen LogP contribution is 2.20. The van der Waals surface area contributed by atoms with Crippen LogP contribution in [0.25, 0.3) is 0 Å². The normalized spacial score (nSPS) is 12.4. The Morgan fingerprint density at radius 2 is 2.31 bits per heavy atom. The van der Waals surface area contributed by atoms with E-state index in [1.54, 1.807) is 4.68 Å². The molecule has 1 amide bonds. The van der Waals surface area contributed by atoms with Crippen LogP contribution in [0.4, 0.5) is 0 Å². The zero-order valence-electron chi connectivity index (χ0n) is 9.80. The van der Waals surface area contributed by atoms with E-state index in [0.717, 1.165) is 24.5 Å². The largest absolute Gasteiger partial charge is 0.300 e. The van der Waals surface area contributed by atoms with Gasteiger partial charge in [0.15, 0.2) is 5.82 Å². The van der Waals surface area contributed by atoms with Crippen LogP contribution in [0.1, 0.15) is 38.9 Å². The molecular weight excluding hydrogens is 226 g/mol. The van der Waals surface area contributed by atoms with Crippen LogP contribution < -0.4 is 4.72 Å². The van der Waals surface area contributed by atoms with E-state index in [9.17, 15) is 4.79 Å². The Balaban J connectivity index is 2.56. The first-order valence-electron chi connectivity index (χ1n) is 5.33. The molecule has 1 atom stereocenters. The number of carbonyl (C=O) groups excluding carboxylic acids is 1. The van der Waals surface area contributed by atoms with Crippen LogP contribution in [0.15, 0.2) is 0 Å². The maximum Gasteiger partial charge on any atom is 0.226 e. The topological polar surface area (TPSA) is 72.7 Å². The van der Waals surface area contributed by atoms with Gasteiger partial charge in [0.25, 0.3) is 0 Å². The molecule has 0 aliphatic rings. The van der Waals surface area contributed by atoms with Crippen molar-refractivity contribution in [1.82, 2.24) is 24.9 Å². The second-order valence-corrected chi connectivity index (χ2v) is 4.25. The highest BCUT2D eigenvalue weighted by atomic mass is 32.2. The van der Waals surface area contributed by atoms with Gasteiger partial charge in [0.2, 0.25) is 5.91 Å². The number of rotatable bonds is 6. The summed E-state index contributed by atoms with van der Waals surface area (Å²) in [5.74, 6) is 1.92. The first-order valence-corrected chi connectivity index (χ1v) is 6.32. The summed E-state index contributed by atoms with van der Waals surface area (Å²) in [7, 11) is 0. The number of tetrazole rings is 1. The number of nitrogens with one attached hydrogen (secondary N) is 1. The molecule has 0 bridgehead atoms. The van der Waals surface area contributed by atoms with Crippen molar-refractivity contribution in [2.24, 2.45) is 0 Å². The van der Waals surface area contributed by atoms with Gasteiger partial charge in [-0.05, 0) is 35.7 Å². The Morgan fingerprint density at radius 1 is 1.56 bits per heavy atom. The number of nitrogens with zero attached hydrogens (tertiary/aromatic N) is 4. The fourth-order valence-electron chi connectivity index (χ4n) is 1.35. The molecule has 0 saturated heterocycles. The lowest BCUT2D eigenvalue weighted by Gasteiger charge is -2.12. The predicted octanol–water partition coefficient (Wildman–Crippen LogP) is 0.971. The van der Waals surface area contributed by atoms with Gasteiger partial charge in [0.05, 0.1) is 0 Å². The molecule has 1 unspecified atom stereocenters. The van der Waals surface area contributed by atoms with E-state index < -0.39 is 0 Å². The average Bonchev–Trinajstić information content (AvgIpc) is 2.72. The Morgan fingerprint density at radius 3 is 2.88 bits per heavy atom. The molecule has 0 radical (unpaired) electrons. The van der Waals surface area contributed by atoms with Gasteiger partial charge in [-0.25, -0.2) is 4.68 Å². The minimum absolute atomic E-state index is 0.0325. The Bertz CT molecular complexity index is 340. The molecule has 0 spiro atoms. The SMILES string of the molecule is CCC(CSNC(C)=O)c1nnnn1CC. The van der Waals surface area contributed by atoms with Crippen LogP contribution in [0, 0.1) is 0 Å². The predicted molar refractivity (Wildman–Crippen MR) is 62.8 cm³/mol. The zero-order valence-corrected chi connectivity index (χ0v) is 10.6. The second kappa shape index (κ2) is 6.47. The third kappa shape index (κ3) is 3.48. The summed E-state index contributed by atoms with van der Waals surface area (Å²) >= 11 is 1.40. The number of hydrogen-bond donors (Lipinski definition) is 1. The van der Waals surface area contributed by atoms with Crippen molar-refractivity contribution < 1.29 is 4.79 Å². The van der Waals surface area contributed by atoms with Crippen molar-refractivity contribution in [2.75, 3.05) is 5.75 Å². The number of hydrogen-bond acceptors (Lipinski definition) is 5. The minimum Gasteiger partial charge on any atom is -0.300 e. The van der Waals surface area contributed by atoms with E-state index in [4.69, 9.17) is 0 Å². The number of carbonyl (C=O) groups is 1. The molecular formula is C9H17N5OS. The summed E-state index contributed by atoms with van der Waals surface area (Å²) in [6.07, 6.45) is 0.951. The Labute approximate surface area is 99.3 Å². The maximum absolute atomic E-state index is 10.7. The Kier molecular flexibility index (Phi) is 5.24. The molecule has 1 aromatic heterocycles. The van der Waals surface area contributed by atoms with Gasteiger partial charge in [0, 0.05) is 25.1 Å². The van der Waals surface area contributed by atoms with Gasteiger partial charge in [-0.2, -0.15) is 0 Å². The van der Waals surface area contributed by atoms with E-state index in [2.05, 4.69) is 27.2 Å². The van der Waals surface area contributed by atoms with Crippen LogP contribution in [0.3, 0.4) is 0 Å². The fourth-order valence-corrected chi connectivity index (χ4v) is 2.22. The lowest BCUT2D eigenvalue weighted by molar-refractivity contribution is -0.117. The summed E-state index contributed by atoms with van der Waals surface area (Å²) in [5, 5.41) is 11.6. The second-order valence-electron chi connectivity index (χ2n) is 3.43. The maximum atomic E-state index is 10.7. The summed E-state index contributed by atoms with van der Waals surface area (Å²) in [5.41, 5.74) is 0. The standard InChI is InChI=1S/C9H17N5OS/c1-4-8(6-16-11-7(3)15)9-10-12-13-14(9)5-2/h8H,4-6H2,1-3H3,(H,11,15). The molecule has 1 heterocycles. The van der Waals surface area contributed by atoms with Gasteiger partial charge < -0.3 is 4.72 Å². The molecule has 7 heteroatoms. The van der Waals surface area contributed by atoms with E-state index in [0.29, 0.717) is 0 Å². The highest BCUT2D eigenvalue weighted by Gasteiger charge is 2.16. The zero-order chi connectivity index (χ0) is 12.0. The fraction of sp³-hybridized carbons (Fsp3) is 0.778. The number of amides is 1. The monoisotopic (exact) mass is 243 g/mol. The van der Waals surface area contributed by atoms with Crippen molar-refractivity contribution in [2.45, 2.75) is 39.7 Å². The summed E-state index contributed by atoms with van der Waals surface area (Å²) in [6, 6.07) is 0. The van der Waals surface area contributed by atoms with E-state index >= 15 is 0 Å². The lowest BCUT2D eigenvalue weighted by Crippen LogP contribution is -2.16. The van der Waals surface area contributed by atoms with Gasteiger partial charge in [-0.1, -0.05) is 6.92 Å². The molecule has 6 nitrogen and oxygen atoms in total. The third-order valence-electron chi connectivity index (χ3n) is 2.22. The molecule has 1 N–H and O–H groups in total. The highest BCUT2D eigenvalue weighted by molar-refractivity contribution is 7.97. The van der Waals surface area contributed by atoms with Crippen molar-refractivity contribution in [3.05, 3.63) is 5.82 Å². The van der Waals surface area contributed by atoms with E-state index in [1.807, 2.05) is 6.92 Å². The van der Waals surface area contributed by atoms with Crippen LogP contribution in [-0.4, -0.2) is 31.9 Å².